The minimum atomic E-state index is -0.102. The molecule has 1 aliphatic heterocycles. The number of aromatic nitrogens is 1. The monoisotopic (exact) mass is 348 g/mol. The van der Waals surface area contributed by atoms with Gasteiger partial charge < -0.3 is 10.1 Å². The molecule has 2 N–H and O–H groups in total. The van der Waals surface area contributed by atoms with E-state index in [1.165, 1.54) is 0 Å². The fourth-order valence-electron chi connectivity index (χ4n) is 3.30. The van der Waals surface area contributed by atoms with Crippen molar-refractivity contribution in [3.63, 3.8) is 0 Å². The van der Waals surface area contributed by atoms with E-state index in [0.717, 1.165) is 41.1 Å². The Balaban J connectivity index is 1.73. The van der Waals surface area contributed by atoms with Gasteiger partial charge in [-0.2, -0.15) is 0 Å². The van der Waals surface area contributed by atoms with Crippen molar-refractivity contribution in [2.24, 2.45) is 0 Å². The topological polar surface area (TPSA) is 55.7 Å². The van der Waals surface area contributed by atoms with Gasteiger partial charge in [-0.25, -0.2) is 4.98 Å². The molecule has 132 valence electrons. The van der Waals surface area contributed by atoms with Gasteiger partial charge in [-0.1, -0.05) is 24.3 Å². The predicted molar refractivity (Wildman–Crippen MR) is 103 cm³/mol. The first-order chi connectivity index (χ1) is 12.7. The van der Waals surface area contributed by atoms with Crippen molar-refractivity contribution in [1.29, 1.82) is 0 Å². The number of benzene rings is 2. The van der Waals surface area contributed by atoms with Gasteiger partial charge in [0.1, 0.15) is 18.6 Å². The zero-order chi connectivity index (χ0) is 17.9. The lowest BCUT2D eigenvalue weighted by Gasteiger charge is -2.22. The average molecular weight is 348 g/mol. The van der Waals surface area contributed by atoms with Crippen molar-refractivity contribution in [2.45, 2.75) is 6.92 Å². The van der Waals surface area contributed by atoms with Gasteiger partial charge in [0, 0.05) is 17.1 Å². The fourth-order valence-corrected chi connectivity index (χ4v) is 3.30. The Morgan fingerprint density at radius 2 is 1.88 bits per heavy atom. The molecule has 4 rings (SSSR count). The summed E-state index contributed by atoms with van der Waals surface area (Å²) < 4.78 is 5.44. The SMILES string of the molecule is Cc1cccc(NC(=O)c2cc(N3CCOCC3)[nH+]c3ccccc23)c1. The molecular formula is C21H22N3O2+. The Hall–Kier alpha value is -2.92. The van der Waals surface area contributed by atoms with Gasteiger partial charge in [0.25, 0.3) is 11.7 Å². The number of aromatic amines is 1. The number of nitrogens with zero attached hydrogens (tertiary/aromatic N) is 1. The molecule has 0 saturated carbocycles. The molecule has 1 fully saturated rings. The second-order valence-electron chi connectivity index (χ2n) is 6.54. The fraction of sp³-hybridized carbons (Fsp3) is 0.238. The number of carbonyl (C=O) groups excluding carboxylic acids is 1. The molecule has 5 nitrogen and oxygen atoms in total. The van der Waals surface area contributed by atoms with Gasteiger partial charge in [0.05, 0.1) is 18.8 Å². The van der Waals surface area contributed by atoms with Gasteiger partial charge in [-0.3, -0.25) is 9.69 Å². The number of amides is 1. The Labute approximate surface area is 152 Å². The van der Waals surface area contributed by atoms with Gasteiger partial charge in [-0.15, -0.1) is 0 Å². The number of aryl methyl sites for hydroxylation is 1. The van der Waals surface area contributed by atoms with Crippen LogP contribution < -0.4 is 15.2 Å². The van der Waals surface area contributed by atoms with Crippen LogP contribution in [0.2, 0.25) is 0 Å². The summed E-state index contributed by atoms with van der Waals surface area (Å²) in [6.07, 6.45) is 0. The van der Waals surface area contributed by atoms with Crippen LogP contribution >= 0.6 is 0 Å². The molecule has 0 atom stereocenters. The Kier molecular flexibility index (Phi) is 4.54. The molecule has 1 saturated heterocycles. The number of fused-ring (bicyclic) bond motifs is 1. The average Bonchev–Trinajstić information content (AvgIpc) is 2.68. The summed E-state index contributed by atoms with van der Waals surface area (Å²) >= 11 is 0. The molecule has 1 aliphatic rings. The van der Waals surface area contributed by atoms with Crippen molar-refractivity contribution >= 4 is 28.3 Å². The lowest BCUT2D eigenvalue weighted by atomic mass is 10.1. The first-order valence-electron chi connectivity index (χ1n) is 8.86. The zero-order valence-electron chi connectivity index (χ0n) is 14.8. The van der Waals surface area contributed by atoms with Crippen LogP contribution in [0.25, 0.3) is 10.9 Å². The molecule has 3 aromatic rings. The molecule has 5 heteroatoms. The molecule has 0 radical (unpaired) electrons. The minimum Gasteiger partial charge on any atom is -0.373 e. The normalized spacial score (nSPS) is 14.4. The highest BCUT2D eigenvalue weighted by atomic mass is 16.5. The Morgan fingerprint density at radius 3 is 2.69 bits per heavy atom. The first kappa shape index (κ1) is 16.5. The first-order valence-corrected chi connectivity index (χ1v) is 8.86. The largest absolute Gasteiger partial charge is 0.373 e. The number of ether oxygens (including phenoxy) is 1. The lowest BCUT2D eigenvalue weighted by Crippen LogP contribution is -2.39. The third-order valence-electron chi connectivity index (χ3n) is 4.63. The summed E-state index contributed by atoms with van der Waals surface area (Å²) in [7, 11) is 0. The van der Waals surface area contributed by atoms with Gasteiger partial charge in [-0.05, 0) is 36.8 Å². The van der Waals surface area contributed by atoms with E-state index in [-0.39, 0.29) is 5.91 Å². The molecule has 26 heavy (non-hydrogen) atoms. The number of hydrogen-bond acceptors (Lipinski definition) is 3. The zero-order valence-corrected chi connectivity index (χ0v) is 14.8. The van der Waals surface area contributed by atoms with E-state index in [0.29, 0.717) is 18.8 Å². The second-order valence-corrected chi connectivity index (χ2v) is 6.54. The molecular weight excluding hydrogens is 326 g/mol. The van der Waals surface area contributed by atoms with Crippen molar-refractivity contribution in [3.8, 4) is 0 Å². The highest BCUT2D eigenvalue weighted by Gasteiger charge is 2.23. The lowest BCUT2D eigenvalue weighted by molar-refractivity contribution is -0.331. The van der Waals surface area contributed by atoms with Crippen LogP contribution in [-0.2, 0) is 4.74 Å². The van der Waals surface area contributed by atoms with Crippen LogP contribution in [0.1, 0.15) is 15.9 Å². The predicted octanol–water partition coefficient (Wildman–Crippen LogP) is 3.05. The molecule has 0 unspecified atom stereocenters. The number of nitrogens with one attached hydrogen (secondary N) is 2. The maximum Gasteiger partial charge on any atom is 0.275 e. The van der Waals surface area contributed by atoms with E-state index in [4.69, 9.17) is 4.74 Å². The number of anilines is 2. The summed E-state index contributed by atoms with van der Waals surface area (Å²) in [6, 6.07) is 17.7. The van der Waals surface area contributed by atoms with Crippen LogP contribution in [0.3, 0.4) is 0 Å². The standard InChI is InChI=1S/C21H21N3O2/c1-15-5-4-6-16(13-15)22-21(25)18-14-20(24-9-11-26-12-10-24)23-19-8-3-2-7-17(18)19/h2-8,13-14H,9-12H2,1H3,(H,22,25)/p+1. The Morgan fingerprint density at radius 1 is 1.08 bits per heavy atom. The van der Waals surface area contributed by atoms with Crippen LogP contribution in [0.15, 0.2) is 54.6 Å². The molecule has 0 aliphatic carbocycles. The minimum absolute atomic E-state index is 0.102. The van der Waals surface area contributed by atoms with E-state index >= 15 is 0 Å². The van der Waals surface area contributed by atoms with Crippen molar-refractivity contribution < 1.29 is 14.5 Å². The van der Waals surface area contributed by atoms with Crippen molar-refractivity contribution in [2.75, 3.05) is 36.5 Å². The van der Waals surface area contributed by atoms with E-state index in [9.17, 15) is 4.79 Å². The highest BCUT2D eigenvalue weighted by Crippen LogP contribution is 2.22. The molecule has 0 bridgehead atoms. The number of morpholine rings is 1. The Bertz CT molecular complexity index is 949. The van der Waals surface area contributed by atoms with E-state index in [1.807, 2.05) is 61.5 Å². The van der Waals surface area contributed by atoms with Gasteiger partial charge in [0.2, 0.25) is 0 Å². The summed E-state index contributed by atoms with van der Waals surface area (Å²) in [6.45, 7) is 5.04. The molecule has 1 amide bonds. The van der Waals surface area contributed by atoms with Gasteiger partial charge >= 0.3 is 0 Å². The molecule has 2 heterocycles. The maximum absolute atomic E-state index is 13.0. The van der Waals surface area contributed by atoms with Crippen molar-refractivity contribution in [3.05, 3.63) is 65.7 Å². The van der Waals surface area contributed by atoms with Gasteiger partial charge in [0.15, 0.2) is 0 Å². The second kappa shape index (κ2) is 7.14. The van der Waals surface area contributed by atoms with Crippen LogP contribution in [0, 0.1) is 6.92 Å². The number of carbonyl (C=O) groups is 1. The summed E-state index contributed by atoms with van der Waals surface area (Å²) in [5.41, 5.74) is 3.54. The summed E-state index contributed by atoms with van der Waals surface area (Å²) in [5, 5.41) is 3.94. The number of rotatable bonds is 3. The van der Waals surface area contributed by atoms with E-state index < -0.39 is 0 Å². The maximum atomic E-state index is 13.0. The number of hydrogen-bond donors (Lipinski definition) is 1. The molecule has 2 aromatic carbocycles. The van der Waals surface area contributed by atoms with E-state index in [2.05, 4.69) is 15.2 Å². The van der Waals surface area contributed by atoms with Crippen LogP contribution in [0.5, 0.6) is 0 Å². The third-order valence-corrected chi connectivity index (χ3v) is 4.63. The summed E-state index contributed by atoms with van der Waals surface area (Å²) in [4.78, 5) is 18.7. The number of pyridine rings is 1. The molecule has 1 aromatic heterocycles. The highest BCUT2D eigenvalue weighted by molar-refractivity contribution is 6.12. The third kappa shape index (κ3) is 3.39. The summed E-state index contributed by atoms with van der Waals surface area (Å²) in [5.74, 6) is 0.844. The van der Waals surface area contributed by atoms with Crippen LogP contribution in [0.4, 0.5) is 11.5 Å². The molecule has 0 spiro atoms. The number of H-pyrrole nitrogens is 1. The quantitative estimate of drug-likeness (QED) is 0.791. The van der Waals surface area contributed by atoms with Crippen LogP contribution in [-0.4, -0.2) is 32.2 Å². The van der Waals surface area contributed by atoms with E-state index in [1.54, 1.807) is 0 Å². The van der Waals surface area contributed by atoms with Crippen molar-refractivity contribution in [1.82, 2.24) is 0 Å². The smallest absolute Gasteiger partial charge is 0.275 e. The number of para-hydroxylation sites is 1.